The molecule has 0 bridgehead atoms. The fourth-order valence-electron chi connectivity index (χ4n) is 2.34. The fraction of sp³-hybridized carbons (Fsp3) is 0. The van der Waals surface area contributed by atoms with Crippen LogP contribution in [0.1, 0.15) is 0 Å². The van der Waals surface area contributed by atoms with Gasteiger partial charge in [-0.05, 0) is 42.5 Å². The third kappa shape index (κ3) is 4.63. The van der Waals surface area contributed by atoms with Gasteiger partial charge in [-0.25, -0.2) is 22.0 Å². The number of rotatable bonds is 5. The first-order valence-corrected chi connectivity index (χ1v) is 9.53. The number of amides is 2. The molecule has 0 aromatic heterocycles. The van der Waals surface area contributed by atoms with E-state index in [1.54, 1.807) is 6.07 Å². The molecule has 3 N–H and O–H groups in total. The molecule has 0 spiro atoms. The van der Waals surface area contributed by atoms with Crippen LogP contribution in [0.5, 0.6) is 0 Å². The molecule has 9 heteroatoms. The van der Waals surface area contributed by atoms with Gasteiger partial charge in [-0.15, -0.1) is 0 Å². The second-order valence-corrected chi connectivity index (χ2v) is 7.35. The van der Waals surface area contributed by atoms with Gasteiger partial charge in [0.2, 0.25) is 0 Å². The molecule has 0 heterocycles. The Hall–Kier alpha value is -3.46. The first-order valence-electron chi connectivity index (χ1n) is 8.05. The Morgan fingerprint density at radius 3 is 2.00 bits per heavy atom. The van der Waals surface area contributed by atoms with E-state index < -0.39 is 27.7 Å². The van der Waals surface area contributed by atoms with Gasteiger partial charge in [0, 0.05) is 5.69 Å². The fourth-order valence-corrected chi connectivity index (χ4v) is 3.45. The first kappa shape index (κ1) is 19.3. The Morgan fingerprint density at radius 2 is 1.36 bits per heavy atom. The highest BCUT2D eigenvalue weighted by Crippen LogP contribution is 2.21. The number of anilines is 3. The number of sulfonamides is 1. The monoisotopic (exact) mass is 403 g/mol. The number of hydrogen-bond donors (Lipinski definition) is 3. The Morgan fingerprint density at radius 1 is 0.750 bits per heavy atom. The lowest BCUT2D eigenvalue weighted by Crippen LogP contribution is -2.20. The summed E-state index contributed by atoms with van der Waals surface area (Å²) in [5.41, 5.74) is -0.0617. The summed E-state index contributed by atoms with van der Waals surface area (Å²) in [4.78, 5) is 11.8. The summed E-state index contributed by atoms with van der Waals surface area (Å²) < 4.78 is 54.4. The van der Waals surface area contributed by atoms with Crippen molar-refractivity contribution in [2.75, 3.05) is 15.4 Å². The molecule has 0 aliphatic rings. The summed E-state index contributed by atoms with van der Waals surface area (Å²) in [5, 5.41) is 4.75. The van der Waals surface area contributed by atoms with E-state index in [1.165, 1.54) is 60.7 Å². The minimum absolute atomic E-state index is 0.0232. The number of halogens is 2. The van der Waals surface area contributed by atoms with Crippen LogP contribution >= 0.6 is 0 Å². The van der Waals surface area contributed by atoms with Gasteiger partial charge in [0.25, 0.3) is 10.0 Å². The van der Waals surface area contributed by atoms with Crippen LogP contribution in [0.4, 0.5) is 30.6 Å². The Kier molecular flexibility index (Phi) is 5.55. The van der Waals surface area contributed by atoms with Crippen molar-refractivity contribution >= 4 is 33.1 Å². The Balaban J connectivity index is 1.75. The molecule has 2 amide bonds. The maximum absolute atomic E-state index is 13.7. The first-order chi connectivity index (χ1) is 13.3. The van der Waals surface area contributed by atoms with Crippen molar-refractivity contribution < 1.29 is 22.0 Å². The molecule has 28 heavy (non-hydrogen) atoms. The molecule has 3 rings (SSSR count). The van der Waals surface area contributed by atoms with Crippen molar-refractivity contribution in [2.24, 2.45) is 0 Å². The highest BCUT2D eigenvalue weighted by atomic mass is 32.2. The topological polar surface area (TPSA) is 87.3 Å². The molecule has 0 aliphatic carbocycles. The van der Waals surface area contributed by atoms with Gasteiger partial charge in [-0.3, -0.25) is 4.72 Å². The molecule has 0 radical (unpaired) electrons. The van der Waals surface area contributed by atoms with E-state index >= 15 is 0 Å². The lowest BCUT2D eigenvalue weighted by atomic mass is 10.3. The van der Waals surface area contributed by atoms with Gasteiger partial charge in [0.05, 0.1) is 16.3 Å². The van der Waals surface area contributed by atoms with E-state index in [4.69, 9.17) is 0 Å². The van der Waals surface area contributed by atoms with Gasteiger partial charge >= 0.3 is 6.03 Å². The van der Waals surface area contributed by atoms with Crippen LogP contribution in [0.25, 0.3) is 0 Å². The van der Waals surface area contributed by atoms with Gasteiger partial charge in [0.1, 0.15) is 11.6 Å². The number of urea groups is 1. The third-order valence-electron chi connectivity index (χ3n) is 3.64. The zero-order valence-corrected chi connectivity index (χ0v) is 15.1. The van der Waals surface area contributed by atoms with E-state index in [1.807, 2.05) is 0 Å². The second kappa shape index (κ2) is 8.05. The number of carbonyl (C=O) groups excluding carboxylic acids is 1. The van der Waals surface area contributed by atoms with E-state index in [0.29, 0.717) is 0 Å². The van der Waals surface area contributed by atoms with E-state index in [2.05, 4.69) is 15.4 Å². The predicted molar refractivity (Wildman–Crippen MR) is 103 cm³/mol. The Labute approximate surface area is 160 Å². The summed E-state index contributed by atoms with van der Waals surface area (Å²) in [6.45, 7) is 0. The molecule has 3 aromatic rings. The van der Waals surface area contributed by atoms with Gasteiger partial charge in [0.15, 0.2) is 0 Å². The van der Waals surface area contributed by atoms with Crippen LogP contribution in [0.2, 0.25) is 0 Å². The number of benzene rings is 3. The van der Waals surface area contributed by atoms with E-state index in [-0.39, 0.29) is 22.0 Å². The molecule has 144 valence electrons. The molecule has 0 saturated carbocycles. The number of para-hydroxylation sites is 2. The molecule has 3 aromatic carbocycles. The van der Waals surface area contributed by atoms with Crippen LogP contribution in [0.3, 0.4) is 0 Å². The summed E-state index contributed by atoms with van der Waals surface area (Å²) in [7, 11) is -4.08. The van der Waals surface area contributed by atoms with Crippen molar-refractivity contribution in [3.05, 3.63) is 84.4 Å². The summed E-state index contributed by atoms with van der Waals surface area (Å²) in [6, 6.07) is 15.6. The summed E-state index contributed by atoms with van der Waals surface area (Å²) in [5.74, 6) is -1.33. The average Bonchev–Trinajstić information content (AvgIpc) is 2.65. The molecule has 0 fully saturated rings. The lowest BCUT2D eigenvalue weighted by molar-refractivity contribution is 0.262. The van der Waals surface area contributed by atoms with Crippen LogP contribution in [0.15, 0.2) is 77.7 Å². The van der Waals surface area contributed by atoms with Crippen LogP contribution in [-0.4, -0.2) is 14.4 Å². The maximum atomic E-state index is 13.7. The number of hydrogen-bond acceptors (Lipinski definition) is 3. The number of nitrogens with one attached hydrogen (secondary N) is 3. The summed E-state index contributed by atoms with van der Waals surface area (Å²) in [6.07, 6.45) is 0. The third-order valence-corrected chi connectivity index (χ3v) is 5.01. The Bertz CT molecular complexity index is 1120. The predicted octanol–water partition coefficient (Wildman–Crippen LogP) is 4.41. The molecular weight excluding hydrogens is 388 g/mol. The van der Waals surface area contributed by atoms with Gasteiger partial charge in [-0.2, -0.15) is 0 Å². The van der Waals surface area contributed by atoms with Gasteiger partial charge < -0.3 is 10.6 Å². The van der Waals surface area contributed by atoms with Crippen molar-refractivity contribution in [2.45, 2.75) is 4.90 Å². The van der Waals surface area contributed by atoms with Crippen LogP contribution in [-0.2, 0) is 10.0 Å². The zero-order chi connectivity index (χ0) is 20.1. The molecule has 0 atom stereocenters. The van der Waals surface area contributed by atoms with E-state index in [0.717, 1.165) is 6.07 Å². The molecular formula is C19H15F2N3O3S. The van der Waals surface area contributed by atoms with Crippen molar-refractivity contribution in [3.63, 3.8) is 0 Å². The lowest BCUT2D eigenvalue weighted by Gasteiger charge is -2.11. The standard InChI is InChI=1S/C19H15F2N3O3S/c20-15-8-1-3-10-17(15)23-19(25)22-13-6-5-7-14(12-13)28(26,27)24-18-11-4-2-9-16(18)21/h1-12,24H,(H2,22,23,25). The van der Waals surface area contributed by atoms with Crippen LogP contribution < -0.4 is 15.4 Å². The number of carbonyl (C=O) groups is 1. The maximum Gasteiger partial charge on any atom is 0.323 e. The SMILES string of the molecule is O=C(Nc1cccc(S(=O)(=O)Nc2ccccc2F)c1)Nc1ccccc1F. The van der Waals surface area contributed by atoms with Crippen molar-refractivity contribution in [1.82, 2.24) is 0 Å². The second-order valence-electron chi connectivity index (χ2n) is 5.67. The van der Waals surface area contributed by atoms with Gasteiger partial charge in [-0.1, -0.05) is 30.3 Å². The van der Waals surface area contributed by atoms with Crippen molar-refractivity contribution in [1.29, 1.82) is 0 Å². The minimum Gasteiger partial charge on any atom is -0.308 e. The molecule has 0 saturated heterocycles. The van der Waals surface area contributed by atoms with Crippen molar-refractivity contribution in [3.8, 4) is 0 Å². The molecule has 0 unspecified atom stereocenters. The molecule has 0 aliphatic heterocycles. The summed E-state index contributed by atoms with van der Waals surface area (Å²) >= 11 is 0. The normalized spacial score (nSPS) is 10.9. The van der Waals surface area contributed by atoms with E-state index in [9.17, 15) is 22.0 Å². The zero-order valence-electron chi connectivity index (χ0n) is 14.3. The smallest absolute Gasteiger partial charge is 0.308 e. The average molecular weight is 403 g/mol. The highest BCUT2D eigenvalue weighted by Gasteiger charge is 2.17. The molecule has 6 nitrogen and oxygen atoms in total. The minimum atomic E-state index is -4.08. The quantitative estimate of drug-likeness (QED) is 0.590. The largest absolute Gasteiger partial charge is 0.323 e. The van der Waals surface area contributed by atoms with Crippen LogP contribution in [0, 0.1) is 11.6 Å². The highest BCUT2D eigenvalue weighted by molar-refractivity contribution is 7.92.